The number of hydrogen-bond donors (Lipinski definition) is 0. The van der Waals surface area contributed by atoms with E-state index in [0.29, 0.717) is 10.0 Å². The average molecular weight is 373 g/mol. The second-order valence-electron chi connectivity index (χ2n) is 3.78. The van der Waals surface area contributed by atoms with Crippen molar-refractivity contribution in [3.05, 3.63) is 62.0 Å². The van der Waals surface area contributed by atoms with E-state index in [4.69, 9.17) is 0 Å². The molecule has 0 fully saturated rings. The monoisotopic (exact) mass is 371 g/mol. The Kier molecular flexibility index (Phi) is 3.92. The van der Waals surface area contributed by atoms with Crippen molar-refractivity contribution in [2.24, 2.45) is 0 Å². The Hall–Kier alpha value is -1.07. The first-order chi connectivity index (χ1) is 8.49. The van der Waals surface area contributed by atoms with E-state index in [1.807, 2.05) is 0 Å². The molecule has 0 N–H and O–H groups in total. The molecule has 5 heteroatoms. The van der Waals surface area contributed by atoms with Crippen LogP contribution in [0.1, 0.15) is 21.6 Å². The highest BCUT2D eigenvalue weighted by molar-refractivity contribution is 9.11. The van der Waals surface area contributed by atoms with E-state index in [0.717, 1.165) is 4.47 Å². The lowest BCUT2D eigenvalue weighted by Gasteiger charge is -2.04. The molecule has 0 bridgehead atoms. The number of halogens is 3. The van der Waals surface area contributed by atoms with Gasteiger partial charge in [0.2, 0.25) is 5.78 Å². The molecule has 0 aliphatic heterocycles. The van der Waals surface area contributed by atoms with Crippen molar-refractivity contribution in [2.45, 2.75) is 6.92 Å². The fraction of sp³-hybridized carbons (Fsp3) is 0.0769. The van der Waals surface area contributed by atoms with Gasteiger partial charge in [0.05, 0.1) is 0 Å². The molecule has 2 aromatic rings. The molecule has 1 aromatic carbocycles. The lowest BCUT2D eigenvalue weighted by molar-refractivity contribution is 0.103. The van der Waals surface area contributed by atoms with Crippen molar-refractivity contribution in [1.82, 2.24) is 4.98 Å². The minimum absolute atomic E-state index is 0.265. The fourth-order valence-electron chi connectivity index (χ4n) is 1.45. The van der Waals surface area contributed by atoms with Crippen LogP contribution >= 0.6 is 31.9 Å². The van der Waals surface area contributed by atoms with Crippen LogP contribution in [-0.2, 0) is 0 Å². The molecular weight excluding hydrogens is 365 g/mol. The number of nitrogens with zero attached hydrogens (tertiary/aromatic N) is 1. The molecule has 92 valence electrons. The lowest BCUT2D eigenvalue weighted by Crippen LogP contribution is -2.06. The molecule has 18 heavy (non-hydrogen) atoms. The molecule has 0 atom stereocenters. The fourth-order valence-corrected chi connectivity index (χ4v) is 2.62. The standard InChI is InChI=1S/C13H8Br2FNO/c1-7-2-3-8(4-11(7)16)13(18)12-10(15)5-9(14)6-17-12/h2-6H,1H3. The summed E-state index contributed by atoms with van der Waals surface area (Å²) in [5.74, 6) is -0.706. The molecule has 0 spiro atoms. The lowest BCUT2D eigenvalue weighted by atomic mass is 10.1. The number of aryl methyl sites for hydroxylation is 1. The second kappa shape index (κ2) is 5.28. The van der Waals surface area contributed by atoms with Crippen molar-refractivity contribution in [3.63, 3.8) is 0 Å². The number of benzene rings is 1. The van der Waals surface area contributed by atoms with Gasteiger partial charge in [-0.25, -0.2) is 4.39 Å². The predicted molar refractivity (Wildman–Crippen MR) is 74.2 cm³/mol. The SMILES string of the molecule is Cc1ccc(C(=O)c2ncc(Br)cc2Br)cc1F. The van der Waals surface area contributed by atoms with Gasteiger partial charge in [0.25, 0.3) is 0 Å². The van der Waals surface area contributed by atoms with Crippen LogP contribution in [0.3, 0.4) is 0 Å². The van der Waals surface area contributed by atoms with Gasteiger partial charge in [-0.1, -0.05) is 12.1 Å². The summed E-state index contributed by atoms with van der Waals surface area (Å²) in [5, 5.41) is 0. The quantitative estimate of drug-likeness (QED) is 0.736. The van der Waals surface area contributed by atoms with Crippen LogP contribution in [0.15, 0.2) is 39.4 Å². The number of rotatable bonds is 2. The highest BCUT2D eigenvalue weighted by atomic mass is 79.9. The Balaban J connectivity index is 2.44. The molecule has 1 aromatic heterocycles. The van der Waals surface area contributed by atoms with Crippen LogP contribution in [0.2, 0.25) is 0 Å². The summed E-state index contributed by atoms with van der Waals surface area (Å²) in [6, 6.07) is 6.13. The van der Waals surface area contributed by atoms with Crippen molar-refractivity contribution in [2.75, 3.05) is 0 Å². The molecule has 1 heterocycles. The first-order valence-electron chi connectivity index (χ1n) is 5.11. The minimum atomic E-state index is -0.394. The number of ketones is 1. The topological polar surface area (TPSA) is 30.0 Å². The van der Waals surface area contributed by atoms with E-state index in [-0.39, 0.29) is 17.0 Å². The number of pyridine rings is 1. The van der Waals surface area contributed by atoms with Crippen LogP contribution in [0.5, 0.6) is 0 Å². The number of carbonyl (C=O) groups is 1. The second-order valence-corrected chi connectivity index (χ2v) is 5.55. The van der Waals surface area contributed by atoms with Gasteiger partial charge < -0.3 is 0 Å². The van der Waals surface area contributed by atoms with E-state index in [1.54, 1.807) is 25.1 Å². The highest BCUT2D eigenvalue weighted by Crippen LogP contribution is 2.22. The summed E-state index contributed by atoms with van der Waals surface area (Å²) in [5.41, 5.74) is 1.06. The van der Waals surface area contributed by atoms with Crippen molar-refractivity contribution in [3.8, 4) is 0 Å². The molecule has 0 amide bonds. The maximum atomic E-state index is 13.4. The molecule has 2 nitrogen and oxygen atoms in total. The van der Waals surface area contributed by atoms with Gasteiger partial charge in [-0.05, 0) is 56.5 Å². The van der Waals surface area contributed by atoms with Gasteiger partial charge in [-0.15, -0.1) is 0 Å². The van der Waals surface area contributed by atoms with E-state index >= 15 is 0 Å². The summed E-state index contributed by atoms with van der Waals surface area (Å²) < 4.78 is 14.8. The van der Waals surface area contributed by atoms with Gasteiger partial charge >= 0.3 is 0 Å². The van der Waals surface area contributed by atoms with E-state index in [9.17, 15) is 9.18 Å². The highest BCUT2D eigenvalue weighted by Gasteiger charge is 2.15. The third kappa shape index (κ3) is 2.67. The van der Waals surface area contributed by atoms with Crippen LogP contribution in [0.4, 0.5) is 4.39 Å². The van der Waals surface area contributed by atoms with Gasteiger partial charge in [0, 0.05) is 20.7 Å². The summed E-state index contributed by atoms with van der Waals surface area (Å²) in [4.78, 5) is 16.2. The summed E-state index contributed by atoms with van der Waals surface area (Å²) in [6.45, 7) is 1.65. The Morgan fingerprint density at radius 1 is 1.28 bits per heavy atom. The zero-order chi connectivity index (χ0) is 13.3. The van der Waals surface area contributed by atoms with Crippen molar-refractivity contribution in [1.29, 1.82) is 0 Å². The zero-order valence-electron chi connectivity index (χ0n) is 9.38. The molecule has 0 aliphatic rings. The molecule has 0 saturated heterocycles. The molecule has 0 unspecified atom stereocenters. The minimum Gasteiger partial charge on any atom is -0.287 e. The smallest absolute Gasteiger partial charge is 0.212 e. The Labute approximate surface area is 121 Å². The summed E-state index contributed by atoms with van der Waals surface area (Å²) in [7, 11) is 0. The van der Waals surface area contributed by atoms with Gasteiger partial charge in [-0.3, -0.25) is 9.78 Å². The van der Waals surface area contributed by atoms with Crippen molar-refractivity contribution < 1.29 is 9.18 Å². The molecule has 0 aliphatic carbocycles. The van der Waals surface area contributed by atoms with E-state index in [2.05, 4.69) is 36.8 Å². The Morgan fingerprint density at radius 2 is 2.00 bits per heavy atom. The van der Waals surface area contributed by atoms with Crippen LogP contribution < -0.4 is 0 Å². The normalized spacial score (nSPS) is 10.4. The molecule has 2 rings (SSSR count). The van der Waals surface area contributed by atoms with Gasteiger partial charge in [0.1, 0.15) is 11.5 Å². The maximum Gasteiger partial charge on any atom is 0.212 e. The Bertz CT molecular complexity index is 628. The third-order valence-corrected chi connectivity index (χ3v) is 3.50. The van der Waals surface area contributed by atoms with Crippen molar-refractivity contribution >= 4 is 37.6 Å². The molecular formula is C13H8Br2FNO. The molecule has 0 saturated carbocycles. The first-order valence-corrected chi connectivity index (χ1v) is 6.69. The van der Waals surface area contributed by atoms with Crippen LogP contribution in [0.25, 0.3) is 0 Å². The predicted octanol–water partition coefficient (Wildman–Crippen LogP) is 4.29. The Morgan fingerprint density at radius 3 is 2.61 bits per heavy atom. The maximum absolute atomic E-state index is 13.4. The zero-order valence-corrected chi connectivity index (χ0v) is 12.5. The number of carbonyl (C=O) groups excluding carboxylic acids is 1. The largest absolute Gasteiger partial charge is 0.287 e. The van der Waals surface area contributed by atoms with Crippen LogP contribution in [-0.4, -0.2) is 10.8 Å². The number of hydrogen-bond acceptors (Lipinski definition) is 2. The summed E-state index contributed by atoms with van der Waals surface area (Å²) in [6.07, 6.45) is 1.53. The average Bonchev–Trinajstić information content (AvgIpc) is 2.32. The van der Waals surface area contributed by atoms with Gasteiger partial charge in [0.15, 0.2) is 0 Å². The van der Waals surface area contributed by atoms with Crippen LogP contribution in [0, 0.1) is 12.7 Å². The van der Waals surface area contributed by atoms with Gasteiger partial charge in [-0.2, -0.15) is 0 Å². The third-order valence-electron chi connectivity index (χ3n) is 2.46. The summed E-state index contributed by atoms with van der Waals surface area (Å²) >= 11 is 6.53. The van der Waals surface area contributed by atoms with E-state index < -0.39 is 5.82 Å². The molecule has 0 radical (unpaired) electrons. The first kappa shape index (κ1) is 13.4. The number of aromatic nitrogens is 1. The van der Waals surface area contributed by atoms with E-state index in [1.165, 1.54) is 12.3 Å².